The van der Waals surface area contributed by atoms with Crippen LogP contribution in [-0.2, 0) is 0 Å². The van der Waals surface area contributed by atoms with Crippen LogP contribution in [0.25, 0.3) is 10.8 Å². The predicted molar refractivity (Wildman–Crippen MR) is 86.9 cm³/mol. The van der Waals surface area contributed by atoms with E-state index in [0.29, 0.717) is 29.4 Å². The summed E-state index contributed by atoms with van der Waals surface area (Å²) in [5.41, 5.74) is 0.353. The molecule has 1 amide bonds. The van der Waals surface area contributed by atoms with Gasteiger partial charge in [-0.15, -0.1) is 11.3 Å². The molecule has 0 unspecified atom stereocenters. The third-order valence-electron chi connectivity index (χ3n) is 4.23. The van der Waals surface area contributed by atoms with E-state index in [-0.39, 0.29) is 17.9 Å². The molecule has 2 rings (SSSR count). The first kappa shape index (κ1) is 16.7. The number of thiazole rings is 1. The fourth-order valence-electron chi connectivity index (χ4n) is 2.43. The Hall–Kier alpha value is -1.66. The number of hydrogen-bond donors (Lipinski definition) is 2. The van der Waals surface area contributed by atoms with Crippen LogP contribution in [-0.4, -0.2) is 29.1 Å². The summed E-state index contributed by atoms with van der Waals surface area (Å²) in [6.45, 7) is 4.86. The summed E-state index contributed by atoms with van der Waals surface area (Å²) in [6.07, 6.45) is 4.11. The number of rotatable bonds is 8. The van der Waals surface area contributed by atoms with Crippen molar-refractivity contribution in [2.75, 3.05) is 13.2 Å². The topological polar surface area (TPSA) is 75.4 Å². The Morgan fingerprint density at radius 1 is 1.45 bits per heavy atom. The molecule has 2 aromatic rings. The van der Waals surface area contributed by atoms with Gasteiger partial charge in [0.05, 0.1) is 6.26 Å². The van der Waals surface area contributed by atoms with E-state index in [1.54, 1.807) is 17.7 Å². The lowest BCUT2D eigenvalue weighted by atomic mass is 9.79. The normalized spacial score (nSPS) is 11.6. The number of carbonyl (C=O) groups excluding carboxylic acids is 1. The molecule has 0 spiro atoms. The molecule has 0 radical (unpaired) electrons. The van der Waals surface area contributed by atoms with Gasteiger partial charge in [0, 0.05) is 18.5 Å². The summed E-state index contributed by atoms with van der Waals surface area (Å²) >= 11 is 1.39. The number of amides is 1. The van der Waals surface area contributed by atoms with Crippen LogP contribution in [0.3, 0.4) is 0 Å². The van der Waals surface area contributed by atoms with E-state index in [9.17, 15) is 9.90 Å². The maximum atomic E-state index is 12.3. The van der Waals surface area contributed by atoms with Gasteiger partial charge in [-0.2, -0.15) is 0 Å². The van der Waals surface area contributed by atoms with Crippen molar-refractivity contribution in [1.29, 1.82) is 0 Å². The van der Waals surface area contributed by atoms with Gasteiger partial charge in [-0.3, -0.25) is 4.79 Å². The van der Waals surface area contributed by atoms with Crippen molar-refractivity contribution in [3.8, 4) is 10.8 Å². The van der Waals surface area contributed by atoms with E-state index in [1.807, 2.05) is 6.07 Å². The Morgan fingerprint density at radius 2 is 2.23 bits per heavy atom. The van der Waals surface area contributed by atoms with Crippen molar-refractivity contribution >= 4 is 17.2 Å². The van der Waals surface area contributed by atoms with Gasteiger partial charge < -0.3 is 14.8 Å². The molecule has 120 valence electrons. The Labute approximate surface area is 134 Å². The van der Waals surface area contributed by atoms with Crippen LogP contribution in [0.15, 0.2) is 28.2 Å². The van der Waals surface area contributed by atoms with Gasteiger partial charge in [0.1, 0.15) is 5.69 Å². The number of furan rings is 1. The zero-order valence-corrected chi connectivity index (χ0v) is 13.8. The molecule has 0 bridgehead atoms. The van der Waals surface area contributed by atoms with Crippen molar-refractivity contribution in [1.82, 2.24) is 10.3 Å². The van der Waals surface area contributed by atoms with Crippen molar-refractivity contribution in [2.45, 2.75) is 33.1 Å². The van der Waals surface area contributed by atoms with Gasteiger partial charge in [0.2, 0.25) is 0 Å². The molecule has 5 nitrogen and oxygen atoms in total. The monoisotopic (exact) mass is 322 g/mol. The van der Waals surface area contributed by atoms with E-state index < -0.39 is 0 Å². The van der Waals surface area contributed by atoms with Crippen LogP contribution in [0, 0.1) is 5.41 Å². The van der Waals surface area contributed by atoms with Gasteiger partial charge >= 0.3 is 0 Å². The van der Waals surface area contributed by atoms with Gasteiger partial charge in [-0.1, -0.05) is 13.8 Å². The Morgan fingerprint density at radius 3 is 2.82 bits per heavy atom. The summed E-state index contributed by atoms with van der Waals surface area (Å²) in [7, 11) is 0. The van der Waals surface area contributed by atoms with Crippen LogP contribution >= 0.6 is 11.3 Å². The number of aliphatic hydroxyl groups excluding tert-OH is 1. The molecule has 6 heteroatoms. The minimum absolute atomic E-state index is 0.0513. The molecular formula is C16H22N2O3S. The SMILES string of the molecule is CCC(CC)(CCO)CNC(=O)c1csc(-c2ccco2)n1. The molecule has 0 saturated carbocycles. The maximum absolute atomic E-state index is 12.3. The van der Waals surface area contributed by atoms with Gasteiger partial charge in [-0.05, 0) is 36.8 Å². The first-order chi connectivity index (χ1) is 10.6. The second kappa shape index (κ2) is 7.56. The lowest BCUT2D eigenvalue weighted by molar-refractivity contribution is 0.0903. The predicted octanol–water partition coefficient (Wildman–Crippen LogP) is 3.32. The van der Waals surface area contributed by atoms with Crippen LogP contribution in [0.1, 0.15) is 43.6 Å². The molecular weight excluding hydrogens is 300 g/mol. The number of aliphatic hydroxyl groups is 1. The molecule has 0 aliphatic rings. The van der Waals surface area contributed by atoms with Crippen LogP contribution in [0.5, 0.6) is 0 Å². The highest BCUT2D eigenvalue weighted by atomic mass is 32.1. The maximum Gasteiger partial charge on any atom is 0.270 e. The Kier molecular flexibility index (Phi) is 5.74. The molecule has 0 aliphatic carbocycles. The zero-order valence-electron chi connectivity index (χ0n) is 13.0. The van der Waals surface area contributed by atoms with E-state index in [0.717, 1.165) is 12.8 Å². The van der Waals surface area contributed by atoms with E-state index >= 15 is 0 Å². The van der Waals surface area contributed by atoms with Crippen molar-refractivity contribution in [3.05, 3.63) is 29.5 Å². The third-order valence-corrected chi connectivity index (χ3v) is 5.09. The fraction of sp³-hybridized carbons (Fsp3) is 0.500. The lowest BCUT2D eigenvalue weighted by Gasteiger charge is -2.31. The second-order valence-electron chi connectivity index (χ2n) is 5.38. The average Bonchev–Trinajstić information content (AvgIpc) is 3.21. The van der Waals surface area contributed by atoms with Crippen molar-refractivity contribution < 1.29 is 14.3 Å². The number of aromatic nitrogens is 1. The molecule has 0 saturated heterocycles. The smallest absolute Gasteiger partial charge is 0.270 e. The van der Waals surface area contributed by atoms with E-state index in [4.69, 9.17) is 4.42 Å². The Bertz CT molecular complexity index is 588. The second-order valence-corrected chi connectivity index (χ2v) is 6.24. The Balaban J connectivity index is 2.00. The summed E-state index contributed by atoms with van der Waals surface area (Å²) in [4.78, 5) is 16.6. The number of hydrogen-bond acceptors (Lipinski definition) is 5. The largest absolute Gasteiger partial charge is 0.462 e. The van der Waals surface area contributed by atoms with Crippen molar-refractivity contribution in [2.24, 2.45) is 5.41 Å². The van der Waals surface area contributed by atoms with Crippen LogP contribution in [0.4, 0.5) is 0 Å². The van der Waals surface area contributed by atoms with E-state index in [2.05, 4.69) is 24.1 Å². The molecule has 22 heavy (non-hydrogen) atoms. The summed E-state index contributed by atoms with van der Waals surface area (Å²) in [6, 6.07) is 3.61. The molecule has 2 N–H and O–H groups in total. The first-order valence-corrected chi connectivity index (χ1v) is 8.40. The summed E-state index contributed by atoms with van der Waals surface area (Å²) in [5.74, 6) is 0.485. The quantitative estimate of drug-likeness (QED) is 0.782. The van der Waals surface area contributed by atoms with Crippen molar-refractivity contribution in [3.63, 3.8) is 0 Å². The summed E-state index contributed by atoms with van der Waals surface area (Å²) < 4.78 is 5.28. The first-order valence-electron chi connectivity index (χ1n) is 7.52. The molecule has 0 aromatic carbocycles. The number of carbonyl (C=O) groups is 1. The fourth-order valence-corrected chi connectivity index (χ4v) is 3.20. The molecule has 0 atom stereocenters. The van der Waals surface area contributed by atoms with Crippen LogP contribution in [0.2, 0.25) is 0 Å². The van der Waals surface area contributed by atoms with Gasteiger partial charge in [0.25, 0.3) is 5.91 Å². The highest BCUT2D eigenvalue weighted by molar-refractivity contribution is 7.13. The minimum Gasteiger partial charge on any atom is -0.462 e. The van der Waals surface area contributed by atoms with Gasteiger partial charge in [0.15, 0.2) is 10.8 Å². The molecule has 0 fully saturated rings. The minimum atomic E-state index is -0.182. The summed E-state index contributed by atoms with van der Waals surface area (Å²) in [5, 5.41) is 14.6. The highest BCUT2D eigenvalue weighted by Crippen LogP contribution is 2.29. The highest BCUT2D eigenvalue weighted by Gasteiger charge is 2.26. The third kappa shape index (κ3) is 3.75. The van der Waals surface area contributed by atoms with Gasteiger partial charge in [-0.25, -0.2) is 4.98 Å². The molecule has 0 aliphatic heterocycles. The standard InChI is InChI=1S/C16H22N2O3S/c1-3-16(4-2,7-8-19)11-17-14(20)12-10-22-15(18-12)13-6-5-9-21-13/h5-6,9-10,19H,3-4,7-8,11H2,1-2H3,(H,17,20). The number of nitrogens with one attached hydrogen (secondary N) is 1. The lowest BCUT2D eigenvalue weighted by Crippen LogP contribution is -2.37. The van der Waals surface area contributed by atoms with E-state index in [1.165, 1.54) is 11.3 Å². The zero-order chi connectivity index (χ0) is 16.0. The average molecular weight is 322 g/mol. The van der Waals surface area contributed by atoms with Crippen LogP contribution < -0.4 is 5.32 Å². The molecule has 2 heterocycles. The molecule has 2 aromatic heterocycles. The number of nitrogens with zero attached hydrogens (tertiary/aromatic N) is 1.